The van der Waals surface area contributed by atoms with Crippen molar-refractivity contribution < 1.29 is 14.4 Å². The summed E-state index contributed by atoms with van der Waals surface area (Å²) in [5, 5.41) is 6.62. The molecule has 0 aromatic heterocycles. The van der Waals surface area contributed by atoms with Crippen LogP contribution in [0, 0.1) is 0 Å². The highest BCUT2D eigenvalue weighted by Crippen LogP contribution is 2.24. The van der Waals surface area contributed by atoms with Gasteiger partial charge in [-0.3, -0.25) is 9.59 Å². The van der Waals surface area contributed by atoms with Gasteiger partial charge in [-0.05, 0) is 24.6 Å². The van der Waals surface area contributed by atoms with Crippen LogP contribution in [0.3, 0.4) is 0 Å². The second-order valence-corrected chi connectivity index (χ2v) is 6.54. The molecule has 0 saturated carbocycles. The van der Waals surface area contributed by atoms with E-state index in [1.54, 1.807) is 18.2 Å². The smallest absolute Gasteiger partial charge is 0.247 e. The summed E-state index contributed by atoms with van der Waals surface area (Å²) in [6.07, 6.45) is 1.02. The minimum absolute atomic E-state index is 0.00184. The number of halogens is 2. The van der Waals surface area contributed by atoms with Crippen molar-refractivity contribution in [2.75, 3.05) is 18.4 Å². The Balaban J connectivity index is 0.00000379. The molecular formula is C19H27BCl2N4O3. The van der Waals surface area contributed by atoms with Crippen LogP contribution in [0.1, 0.15) is 46.0 Å². The highest BCUT2D eigenvalue weighted by Gasteiger charge is 2.05. The van der Waals surface area contributed by atoms with E-state index in [0.29, 0.717) is 36.0 Å². The summed E-state index contributed by atoms with van der Waals surface area (Å²) in [6, 6.07) is 5.16. The first kappa shape index (κ1) is 26.9. The molecule has 0 heterocycles. The predicted octanol–water partition coefficient (Wildman–Crippen LogP) is 3.08. The maximum atomic E-state index is 11.7. The van der Waals surface area contributed by atoms with Gasteiger partial charge in [-0.15, -0.1) is 0 Å². The van der Waals surface area contributed by atoms with Gasteiger partial charge >= 0.3 is 0 Å². The maximum Gasteiger partial charge on any atom is 0.247 e. The number of carbonyl (C=O) groups is 3. The monoisotopic (exact) mass is 440 g/mol. The van der Waals surface area contributed by atoms with Crippen LogP contribution in [0.2, 0.25) is 10.0 Å². The van der Waals surface area contributed by atoms with E-state index in [4.69, 9.17) is 36.8 Å². The van der Waals surface area contributed by atoms with Crippen molar-refractivity contribution in [2.45, 2.75) is 46.0 Å². The van der Waals surface area contributed by atoms with Gasteiger partial charge in [0.25, 0.3) is 0 Å². The van der Waals surface area contributed by atoms with Crippen LogP contribution in [-0.2, 0) is 14.4 Å². The molecule has 0 saturated heterocycles. The molecule has 1 aromatic carbocycles. The minimum atomic E-state index is -0.529. The summed E-state index contributed by atoms with van der Waals surface area (Å²) in [6.45, 7) is 4.80. The Bertz CT molecular complexity index is 715. The molecule has 0 unspecified atom stereocenters. The first-order valence-corrected chi connectivity index (χ1v) is 10.1. The molecule has 4 N–H and O–H groups in total. The van der Waals surface area contributed by atoms with Gasteiger partial charge in [0.2, 0.25) is 11.8 Å². The van der Waals surface area contributed by atoms with Gasteiger partial charge in [0.05, 0.1) is 15.7 Å². The van der Waals surface area contributed by atoms with Crippen LogP contribution in [0.4, 0.5) is 5.69 Å². The summed E-state index contributed by atoms with van der Waals surface area (Å²) in [5.41, 5.74) is 6.00. The highest BCUT2D eigenvalue weighted by atomic mass is 35.5. The second kappa shape index (κ2) is 15.8. The lowest BCUT2D eigenvalue weighted by Gasteiger charge is -2.07. The fourth-order valence-corrected chi connectivity index (χ4v) is 2.30. The van der Waals surface area contributed by atoms with Crippen molar-refractivity contribution in [3.8, 4) is 0 Å². The first-order valence-electron chi connectivity index (χ1n) is 9.37. The van der Waals surface area contributed by atoms with Gasteiger partial charge < -0.3 is 21.2 Å². The number of amidine groups is 1. The zero-order valence-corrected chi connectivity index (χ0v) is 18.3. The van der Waals surface area contributed by atoms with Gasteiger partial charge in [0, 0.05) is 44.5 Å². The van der Waals surface area contributed by atoms with E-state index >= 15 is 0 Å². The Kier molecular flexibility index (Phi) is 14.7. The van der Waals surface area contributed by atoms with Gasteiger partial charge in [-0.1, -0.05) is 37.0 Å². The minimum Gasteiger partial charge on any atom is -0.387 e. The number of carbonyl (C=O) groups excluding carboxylic acids is 3. The summed E-state index contributed by atoms with van der Waals surface area (Å²) >= 11 is 11.8. The molecule has 0 aliphatic heterocycles. The van der Waals surface area contributed by atoms with Crippen molar-refractivity contribution in [3.63, 3.8) is 0 Å². The Morgan fingerprint density at radius 2 is 1.72 bits per heavy atom. The van der Waals surface area contributed by atoms with Gasteiger partial charge in [0.15, 0.2) is 7.85 Å². The number of amides is 2. The van der Waals surface area contributed by atoms with Crippen LogP contribution < -0.4 is 16.4 Å². The average Bonchev–Trinajstić information content (AvgIpc) is 2.68. The van der Waals surface area contributed by atoms with Crippen molar-refractivity contribution in [1.82, 2.24) is 5.32 Å². The van der Waals surface area contributed by atoms with Crippen LogP contribution in [0.15, 0.2) is 23.2 Å². The fraction of sp³-hybridized carbons (Fsp3) is 0.474. The van der Waals surface area contributed by atoms with Crippen molar-refractivity contribution >= 4 is 60.1 Å². The van der Waals surface area contributed by atoms with E-state index in [2.05, 4.69) is 15.6 Å². The standard InChI is InChI=1S/C17H21BCl2N4O3.C2H6/c18-14(25)5-6-16(26)23-8-1-2-17(27)24-15(21)7-9-22-11-3-4-12(19)13(20)10-11;1-2/h3-4,10,22H,1-2,5-9H2,(H,23,26)(H2,21,24,27);1-2H3. The van der Waals surface area contributed by atoms with Crippen molar-refractivity contribution in [3.05, 3.63) is 28.2 Å². The third-order valence-corrected chi connectivity index (χ3v) is 4.13. The number of rotatable bonds is 11. The zero-order chi connectivity index (χ0) is 22.2. The Morgan fingerprint density at radius 1 is 1.03 bits per heavy atom. The molecule has 0 spiro atoms. The van der Waals surface area contributed by atoms with E-state index < -0.39 is 5.68 Å². The van der Waals surface area contributed by atoms with Gasteiger partial charge in [0.1, 0.15) is 5.84 Å². The predicted molar refractivity (Wildman–Crippen MR) is 120 cm³/mol. The van der Waals surface area contributed by atoms with Gasteiger partial charge in [-0.25, -0.2) is 4.99 Å². The summed E-state index contributed by atoms with van der Waals surface area (Å²) in [5.74, 6) is -0.413. The number of nitrogens with zero attached hydrogens (tertiary/aromatic N) is 1. The van der Waals surface area contributed by atoms with E-state index in [1.165, 1.54) is 0 Å². The quantitative estimate of drug-likeness (QED) is 0.212. The molecule has 2 radical (unpaired) electrons. The van der Waals surface area contributed by atoms with E-state index in [-0.39, 0.29) is 36.9 Å². The highest BCUT2D eigenvalue weighted by molar-refractivity contribution is 6.57. The van der Waals surface area contributed by atoms with Crippen molar-refractivity contribution in [2.24, 2.45) is 10.7 Å². The molecule has 29 heavy (non-hydrogen) atoms. The number of hydrogen-bond acceptors (Lipinski definition) is 4. The largest absolute Gasteiger partial charge is 0.387 e. The SMILES string of the molecule is CC.[B]C(=O)CCC(=O)NCCCC(=O)N=C(N)CCNc1ccc(Cl)c(Cl)c1. The number of benzene rings is 1. The maximum absolute atomic E-state index is 11.7. The Labute approximate surface area is 183 Å². The van der Waals surface area contributed by atoms with E-state index in [9.17, 15) is 14.4 Å². The van der Waals surface area contributed by atoms with Crippen LogP contribution in [0.25, 0.3) is 0 Å². The molecule has 0 fully saturated rings. The Hall–Kier alpha value is -2.06. The third-order valence-electron chi connectivity index (χ3n) is 3.39. The normalized spacial score (nSPS) is 10.6. The zero-order valence-electron chi connectivity index (χ0n) is 16.8. The number of nitrogens with two attached hydrogens (primary N) is 1. The lowest BCUT2D eigenvalue weighted by molar-refractivity contribution is -0.123. The molecule has 0 atom stereocenters. The lowest BCUT2D eigenvalue weighted by atomic mass is 9.98. The fourth-order valence-electron chi connectivity index (χ4n) is 2.01. The molecule has 2 amide bonds. The van der Waals surface area contributed by atoms with E-state index in [0.717, 1.165) is 5.69 Å². The molecule has 1 aromatic rings. The number of anilines is 1. The number of aliphatic imine (C=N–C) groups is 1. The second-order valence-electron chi connectivity index (χ2n) is 5.72. The molecule has 158 valence electrons. The van der Waals surface area contributed by atoms with Crippen LogP contribution >= 0.6 is 23.2 Å². The molecule has 7 nitrogen and oxygen atoms in total. The number of nitrogens with one attached hydrogen (secondary N) is 2. The molecule has 0 aliphatic carbocycles. The molecule has 0 aliphatic rings. The van der Waals surface area contributed by atoms with Gasteiger partial charge in [-0.2, -0.15) is 0 Å². The molecular weight excluding hydrogens is 414 g/mol. The third kappa shape index (κ3) is 13.7. The van der Waals surface area contributed by atoms with Crippen molar-refractivity contribution in [1.29, 1.82) is 0 Å². The molecule has 0 bridgehead atoms. The molecule has 1 rings (SSSR count). The lowest BCUT2D eigenvalue weighted by Crippen LogP contribution is -2.25. The van der Waals surface area contributed by atoms with Crippen LogP contribution in [0.5, 0.6) is 0 Å². The summed E-state index contributed by atoms with van der Waals surface area (Å²) in [4.78, 5) is 37.5. The number of hydrogen-bond donors (Lipinski definition) is 3. The topological polar surface area (TPSA) is 114 Å². The summed E-state index contributed by atoms with van der Waals surface area (Å²) < 4.78 is 0. The van der Waals surface area contributed by atoms with E-state index in [1.807, 2.05) is 13.8 Å². The van der Waals surface area contributed by atoms with Crippen LogP contribution in [-0.4, -0.2) is 44.3 Å². The molecule has 10 heteroatoms. The summed E-state index contributed by atoms with van der Waals surface area (Å²) in [7, 11) is 4.96. The Morgan fingerprint density at radius 3 is 2.34 bits per heavy atom. The average molecular weight is 441 g/mol. The first-order chi connectivity index (χ1) is 13.8.